The van der Waals surface area contributed by atoms with Gasteiger partial charge in [0.15, 0.2) is 5.82 Å². The number of carbonyl (C=O) groups excluding carboxylic acids is 2. The van der Waals surface area contributed by atoms with Crippen molar-refractivity contribution in [2.75, 3.05) is 49.5 Å². The molecule has 0 bridgehead atoms. The van der Waals surface area contributed by atoms with Gasteiger partial charge in [-0.15, -0.1) is 5.10 Å². The fourth-order valence-electron chi connectivity index (χ4n) is 4.21. The van der Waals surface area contributed by atoms with Crippen LogP contribution in [0.4, 0.5) is 20.7 Å². The number of hydrogen-bond donors (Lipinski definition) is 1. The second-order valence-electron chi connectivity index (χ2n) is 8.31. The van der Waals surface area contributed by atoms with E-state index in [-0.39, 0.29) is 11.9 Å². The first kappa shape index (κ1) is 22.5. The van der Waals surface area contributed by atoms with Crippen LogP contribution in [0.1, 0.15) is 25.3 Å². The molecule has 0 atom stereocenters. The lowest BCUT2D eigenvalue weighted by Crippen LogP contribution is -2.49. The van der Waals surface area contributed by atoms with Crippen molar-refractivity contribution in [1.29, 1.82) is 0 Å². The molecule has 8 nitrogen and oxygen atoms in total. The van der Waals surface area contributed by atoms with Crippen molar-refractivity contribution in [1.82, 2.24) is 19.6 Å². The quantitative estimate of drug-likeness (QED) is 0.755. The summed E-state index contributed by atoms with van der Waals surface area (Å²) in [5.41, 5.74) is 2.24. The summed E-state index contributed by atoms with van der Waals surface area (Å²) < 4.78 is 14.8. The van der Waals surface area contributed by atoms with Gasteiger partial charge in [-0.05, 0) is 30.5 Å². The number of piperazine rings is 1. The highest BCUT2D eigenvalue weighted by molar-refractivity contribution is 6.30. The summed E-state index contributed by atoms with van der Waals surface area (Å²) in [7, 11) is 0. The molecule has 2 fully saturated rings. The van der Waals surface area contributed by atoms with Gasteiger partial charge >= 0.3 is 6.03 Å². The molecule has 1 aromatic carbocycles. The largest absolute Gasteiger partial charge is 0.371 e. The summed E-state index contributed by atoms with van der Waals surface area (Å²) in [4.78, 5) is 30.2. The first-order valence-electron chi connectivity index (χ1n) is 10.9. The SMILES string of the molecule is CC(=O)Nc1ccn(C(=O)N2CCN(Cc3ccc(Cl)cc3N3CCC(F)CC3)CC2)n1. The molecule has 0 unspecified atom stereocenters. The Morgan fingerprint density at radius 3 is 2.53 bits per heavy atom. The van der Waals surface area contributed by atoms with E-state index >= 15 is 0 Å². The van der Waals surface area contributed by atoms with Crippen LogP contribution in [0.5, 0.6) is 0 Å². The van der Waals surface area contributed by atoms with Gasteiger partial charge in [0, 0.05) is 75.7 Å². The van der Waals surface area contributed by atoms with Crippen LogP contribution in [0.25, 0.3) is 0 Å². The molecule has 4 rings (SSSR count). The molecule has 172 valence electrons. The Morgan fingerprint density at radius 1 is 1.12 bits per heavy atom. The third-order valence-corrected chi connectivity index (χ3v) is 6.17. The Bertz CT molecular complexity index is 967. The number of aromatic nitrogens is 2. The molecule has 1 N–H and O–H groups in total. The lowest BCUT2D eigenvalue weighted by Gasteiger charge is -2.36. The number of alkyl halides is 1. The zero-order chi connectivity index (χ0) is 22.7. The van der Waals surface area contributed by atoms with E-state index in [2.05, 4.69) is 20.2 Å². The van der Waals surface area contributed by atoms with Crippen LogP contribution < -0.4 is 10.2 Å². The molecule has 0 spiro atoms. The Kier molecular flexibility index (Phi) is 6.95. The monoisotopic (exact) mass is 462 g/mol. The predicted octanol–water partition coefficient (Wildman–Crippen LogP) is 3.22. The van der Waals surface area contributed by atoms with Crippen LogP contribution in [-0.4, -0.2) is 77.0 Å². The summed E-state index contributed by atoms with van der Waals surface area (Å²) in [6.07, 6.45) is 1.93. The van der Waals surface area contributed by atoms with Gasteiger partial charge in [-0.25, -0.2) is 9.18 Å². The summed E-state index contributed by atoms with van der Waals surface area (Å²) in [6.45, 7) is 6.19. The van der Waals surface area contributed by atoms with Crippen LogP contribution >= 0.6 is 11.6 Å². The minimum absolute atomic E-state index is 0.206. The first-order chi connectivity index (χ1) is 15.4. The molecular formula is C22H28ClFN6O2. The van der Waals surface area contributed by atoms with Gasteiger partial charge in [-0.3, -0.25) is 9.69 Å². The molecule has 1 aromatic heterocycles. The van der Waals surface area contributed by atoms with Crippen molar-refractivity contribution in [3.63, 3.8) is 0 Å². The smallest absolute Gasteiger partial charge is 0.344 e. The van der Waals surface area contributed by atoms with E-state index in [1.807, 2.05) is 18.2 Å². The van der Waals surface area contributed by atoms with Gasteiger partial charge in [0.05, 0.1) is 0 Å². The number of benzene rings is 1. The Balaban J connectivity index is 1.35. The van der Waals surface area contributed by atoms with Gasteiger partial charge in [0.25, 0.3) is 0 Å². The number of nitrogens with zero attached hydrogens (tertiary/aromatic N) is 5. The van der Waals surface area contributed by atoms with Crippen LogP contribution in [0.3, 0.4) is 0 Å². The minimum atomic E-state index is -0.719. The van der Waals surface area contributed by atoms with Crippen molar-refractivity contribution in [2.45, 2.75) is 32.5 Å². The molecule has 10 heteroatoms. The second-order valence-corrected chi connectivity index (χ2v) is 8.74. The van der Waals surface area contributed by atoms with Crippen molar-refractivity contribution in [2.24, 2.45) is 0 Å². The Labute approximate surface area is 191 Å². The number of amides is 2. The van der Waals surface area contributed by atoms with Crippen molar-refractivity contribution < 1.29 is 14.0 Å². The molecule has 2 amide bonds. The number of piperidine rings is 1. The van der Waals surface area contributed by atoms with E-state index in [0.717, 1.165) is 25.3 Å². The van der Waals surface area contributed by atoms with Crippen LogP contribution in [0.15, 0.2) is 30.5 Å². The van der Waals surface area contributed by atoms with E-state index in [1.165, 1.54) is 17.2 Å². The lowest BCUT2D eigenvalue weighted by atomic mass is 10.1. The molecule has 32 heavy (non-hydrogen) atoms. The highest BCUT2D eigenvalue weighted by Crippen LogP contribution is 2.29. The van der Waals surface area contributed by atoms with Gasteiger partial charge in [0.1, 0.15) is 6.17 Å². The zero-order valence-corrected chi connectivity index (χ0v) is 18.9. The molecule has 0 radical (unpaired) electrons. The van der Waals surface area contributed by atoms with Gasteiger partial charge in [0.2, 0.25) is 5.91 Å². The highest BCUT2D eigenvalue weighted by atomic mass is 35.5. The van der Waals surface area contributed by atoms with E-state index in [9.17, 15) is 14.0 Å². The van der Waals surface area contributed by atoms with Crippen LogP contribution in [0, 0.1) is 0 Å². The molecule has 0 aliphatic carbocycles. The van der Waals surface area contributed by atoms with Crippen LogP contribution in [0.2, 0.25) is 5.02 Å². The normalized spacial score (nSPS) is 18.1. The molecule has 0 saturated carbocycles. The standard InChI is InChI=1S/C22H28ClFN6O2/c1-16(31)25-21-6-9-30(26-21)22(32)29-12-10-27(11-13-29)15-17-2-3-18(23)14-20(17)28-7-4-19(24)5-8-28/h2-3,6,9,14,19H,4-5,7-8,10-13,15H2,1H3,(H,25,26,31). The summed E-state index contributed by atoms with van der Waals surface area (Å²) in [5.74, 6) is 0.128. The summed E-state index contributed by atoms with van der Waals surface area (Å²) >= 11 is 6.26. The minimum Gasteiger partial charge on any atom is -0.371 e. The number of rotatable bonds is 4. The van der Waals surface area contributed by atoms with Crippen LogP contribution in [-0.2, 0) is 11.3 Å². The molecule has 2 aliphatic heterocycles. The van der Waals surface area contributed by atoms with E-state index in [4.69, 9.17) is 11.6 Å². The maximum Gasteiger partial charge on any atom is 0.344 e. The second kappa shape index (κ2) is 9.87. The molecular weight excluding hydrogens is 435 g/mol. The molecule has 2 saturated heterocycles. The topological polar surface area (TPSA) is 73.7 Å². The number of hydrogen-bond acceptors (Lipinski definition) is 5. The van der Waals surface area contributed by atoms with Gasteiger partial charge in [-0.1, -0.05) is 17.7 Å². The Hall–Kier alpha value is -2.65. The van der Waals surface area contributed by atoms with Gasteiger partial charge < -0.3 is 15.1 Å². The molecule has 3 heterocycles. The van der Waals surface area contributed by atoms with E-state index < -0.39 is 6.17 Å². The van der Waals surface area contributed by atoms with Crippen molar-refractivity contribution in [3.05, 3.63) is 41.0 Å². The fraction of sp³-hybridized carbons (Fsp3) is 0.500. The number of nitrogens with one attached hydrogen (secondary N) is 1. The number of halogens is 2. The maximum atomic E-state index is 13.6. The fourth-order valence-corrected chi connectivity index (χ4v) is 4.38. The molecule has 2 aromatic rings. The maximum absolute atomic E-state index is 13.6. The summed E-state index contributed by atoms with van der Waals surface area (Å²) in [6, 6.07) is 7.31. The zero-order valence-electron chi connectivity index (χ0n) is 18.1. The third kappa shape index (κ3) is 5.39. The lowest BCUT2D eigenvalue weighted by molar-refractivity contribution is -0.114. The number of anilines is 2. The average molecular weight is 463 g/mol. The first-order valence-corrected chi connectivity index (χ1v) is 11.3. The average Bonchev–Trinajstić information content (AvgIpc) is 3.23. The van der Waals surface area contributed by atoms with E-state index in [0.29, 0.717) is 49.9 Å². The Morgan fingerprint density at radius 2 is 1.84 bits per heavy atom. The van der Waals surface area contributed by atoms with Gasteiger partial charge in [-0.2, -0.15) is 4.68 Å². The molecule has 2 aliphatic rings. The van der Waals surface area contributed by atoms with E-state index in [1.54, 1.807) is 17.2 Å². The van der Waals surface area contributed by atoms with Crippen molar-refractivity contribution in [3.8, 4) is 0 Å². The summed E-state index contributed by atoms with van der Waals surface area (Å²) in [5, 5.41) is 7.38. The predicted molar refractivity (Wildman–Crippen MR) is 122 cm³/mol. The highest BCUT2D eigenvalue weighted by Gasteiger charge is 2.25. The number of carbonyl (C=O) groups is 2. The third-order valence-electron chi connectivity index (χ3n) is 5.94. The van der Waals surface area contributed by atoms with Crippen molar-refractivity contribution >= 4 is 35.0 Å².